The van der Waals surface area contributed by atoms with Gasteiger partial charge in [0.2, 0.25) is 11.6 Å². The Kier molecular flexibility index (Phi) is 5.51. The van der Waals surface area contributed by atoms with Gasteiger partial charge < -0.3 is 9.64 Å². The Morgan fingerprint density at radius 3 is 2.12 bits per heavy atom. The highest BCUT2D eigenvalue weighted by atomic mass is 19.2. The van der Waals surface area contributed by atoms with E-state index in [1.54, 1.807) is 18.2 Å². The Balaban J connectivity index is 2.52. The Hall–Kier alpha value is -3.19. The second-order valence-corrected chi connectivity index (χ2v) is 5.02. The number of benzene rings is 2. The summed E-state index contributed by atoms with van der Waals surface area (Å²) in [6.45, 7) is 5.33. The largest absolute Gasteiger partial charge is 0.451 e. The summed E-state index contributed by atoms with van der Waals surface area (Å²) in [5.41, 5.74) is -1.11. The molecule has 25 heavy (non-hydrogen) atoms. The molecule has 0 fully saturated rings. The Bertz CT molecular complexity index is 881. The van der Waals surface area contributed by atoms with Crippen molar-refractivity contribution in [3.63, 3.8) is 0 Å². The monoisotopic (exact) mass is 345 g/mol. The van der Waals surface area contributed by atoms with E-state index in [1.165, 1.54) is 18.2 Å². The van der Waals surface area contributed by atoms with Gasteiger partial charge in [-0.15, -0.1) is 0 Å². The standard InChI is InChI=1S/C18H14F3N3O/c1-3-24(4-2)11-6-5-7-12(8-11)25-18-16(20)14(10-23)13(9-22)15(19)17(18)21/h5-8H,3-4H2,1-2H3. The molecular formula is C18H14F3N3O. The van der Waals surface area contributed by atoms with Crippen molar-refractivity contribution in [2.45, 2.75) is 13.8 Å². The molecule has 0 spiro atoms. The van der Waals surface area contributed by atoms with Crippen molar-refractivity contribution in [2.24, 2.45) is 0 Å². The van der Waals surface area contributed by atoms with Gasteiger partial charge in [0.05, 0.1) is 0 Å². The highest BCUT2D eigenvalue weighted by molar-refractivity contribution is 5.55. The first kappa shape index (κ1) is 18.2. The highest BCUT2D eigenvalue weighted by Crippen LogP contribution is 2.34. The lowest BCUT2D eigenvalue weighted by molar-refractivity contribution is 0.385. The third-order valence-corrected chi connectivity index (χ3v) is 3.67. The molecule has 0 aliphatic carbocycles. The van der Waals surface area contributed by atoms with Crippen LogP contribution in [0.15, 0.2) is 24.3 Å². The minimum atomic E-state index is -1.65. The summed E-state index contributed by atoms with van der Waals surface area (Å²) in [5, 5.41) is 17.7. The molecule has 0 N–H and O–H groups in total. The van der Waals surface area contributed by atoms with Crippen LogP contribution in [0.3, 0.4) is 0 Å². The van der Waals surface area contributed by atoms with E-state index >= 15 is 0 Å². The molecule has 0 saturated heterocycles. The fraction of sp³-hybridized carbons (Fsp3) is 0.222. The third-order valence-electron chi connectivity index (χ3n) is 3.67. The maximum atomic E-state index is 14.3. The van der Waals surface area contributed by atoms with Gasteiger partial charge in [-0.05, 0) is 26.0 Å². The number of nitriles is 2. The number of ether oxygens (including phenoxy) is 1. The lowest BCUT2D eigenvalue weighted by Gasteiger charge is -2.21. The molecule has 128 valence electrons. The second kappa shape index (κ2) is 7.59. The Morgan fingerprint density at radius 1 is 0.960 bits per heavy atom. The van der Waals surface area contributed by atoms with Gasteiger partial charge >= 0.3 is 0 Å². The quantitative estimate of drug-likeness (QED) is 0.749. The molecule has 0 atom stereocenters. The van der Waals surface area contributed by atoms with Gasteiger partial charge in [-0.25, -0.2) is 8.78 Å². The van der Waals surface area contributed by atoms with E-state index in [0.717, 1.165) is 5.69 Å². The Labute approximate surface area is 143 Å². The maximum absolute atomic E-state index is 14.3. The number of hydrogen-bond acceptors (Lipinski definition) is 4. The molecule has 0 radical (unpaired) electrons. The molecule has 0 aromatic heterocycles. The van der Waals surface area contributed by atoms with E-state index in [9.17, 15) is 13.2 Å². The molecule has 2 aromatic carbocycles. The first-order chi connectivity index (χ1) is 12.0. The van der Waals surface area contributed by atoms with Crippen molar-refractivity contribution >= 4 is 5.69 Å². The van der Waals surface area contributed by atoms with Crippen LogP contribution in [-0.4, -0.2) is 13.1 Å². The van der Waals surface area contributed by atoms with Gasteiger partial charge in [0.1, 0.15) is 29.0 Å². The molecule has 0 unspecified atom stereocenters. The average molecular weight is 345 g/mol. The van der Waals surface area contributed by atoms with Crippen molar-refractivity contribution in [1.82, 2.24) is 0 Å². The van der Waals surface area contributed by atoms with Gasteiger partial charge in [0, 0.05) is 24.8 Å². The molecule has 0 aliphatic heterocycles. The number of anilines is 1. The van der Waals surface area contributed by atoms with Crippen molar-refractivity contribution in [3.05, 3.63) is 52.8 Å². The number of halogens is 3. The number of nitrogens with zero attached hydrogens (tertiary/aromatic N) is 3. The predicted octanol–water partition coefficient (Wildman–Crippen LogP) is 4.49. The van der Waals surface area contributed by atoms with Crippen LogP contribution in [0.25, 0.3) is 0 Å². The minimum Gasteiger partial charge on any atom is -0.451 e. The van der Waals surface area contributed by atoms with E-state index in [4.69, 9.17) is 15.3 Å². The lowest BCUT2D eigenvalue weighted by Crippen LogP contribution is -2.21. The van der Waals surface area contributed by atoms with Crippen molar-refractivity contribution in [3.8, 4) is 23.6 Å². The van der Waals surface area contributed by atoms with E-state index < -0.39 is 34.3 Å². The first-order valence-corrected chi connectivity index (χ1v) is 7.51. The second-order valence-electron chi connectivity index (χ2n) is 5.02. The molecule has 4 nitrogen and oxygen atoms in total. The van der Waals surface area contributed by atoms with Gasteiger partial charge in [-0.1, -0.05) is 6.07 Å². The summed E-state index contributed by atoms with van der Waals surface area (Å²) in [7, 11) is 0. The summed E-state index contributed by atoms with van der Waals surface area (Å²) in [4.78, 5) is 1.99. The van der Waals surface area contributed by atoms with Crippen molar-refractivity contribution in [1.29, 1.82) is 10.5 Å². The van der Waals surface area contributed by atoms with Crippen LogP contribution in [0.4, 0.5) is 18.9 Å². The zero-order valence-corrected chi connectivity index (χ0v) is 13.6. The van der Waals surface area contributed by atoms with Crippen LogP contribution in [0, 0.1) is 40.1 Å². The molecule has 0 heterocycles. The summed E-state index contributed by atoms with van der Waals surface area (Å²) in [6, 6.07) is 9.08. The van der Waals surface area contributed by atoms with Crippen LogP contribution in [0.5, 0.6) is 11.5 Å². The van der Waals surface area contributed by atoms with Crippen LogP contribution in [0.1, 0.15) is 25.0 Å². The predicted molar refractivity (Wildman–Crippen MR) is 85.8 cm³/mol. The van der Waals surface area contributed by atoms with Crippen LogP contribution in [0.2, 0.25) is 0 Å². The summed E-state index contributed by atoms with van der Waals surface area (Å²) >= 11 is 0. The van der Waals surface area contributed by atoms with Crippen LogP contribution >= 0.6 is 0 Å². The van der Waals surface area contributed by atoms with Crippen LogP contribution in [-0.2, 0) is 0 Å². The molecular weight excluding hydrogens is 331 g/mol. The normalized spacial score (nSPS) is 10.0. The molecule has 2 rings (SSSR count). The zero-order chi connectivity index (χ0) is 18.6. The Morgan fingerprint density at radius 2 is 1.56 bits per heavy atom. The first-order valence-electron chi connectivity index (χ1n) is 7.51. The van der Waals surface area contributed by atoms with E-state index in [1.807, 2.05) is 18.7 Å². The van der Waals surface area contributed by atoms with Gasteiger partial charge in [0.25, 0.3) is 0 Å². The SMILES string of the molecule is CCN(CC)c1cccc(Oc2c(F)c(F)c(C#N)c(C#N)c2F)c1. The van der Waals surface area contributed by atoms with Gasteiger partial charge in [0.15, 0.2) is 11.6 Å². The summed E-state index contributed by atoms with van der Waals surface area (Å²) in [5.74, 6) is -5.65. The van der Waals surface area contributed by atoms with Gasteiger partial charge in [-0.3, -0.25) is 0 Å². The third kappa shape index (κ3) is 3.36. The highest BCUT2D eigenvalue weighted by Gasteiger charge is 2.27. The maximum Gasteiger partial charge on any atom is 0.205 e. The smallest absolute Gasteiger partial charge is 0.205 e. The topological polar surface area (TPSA) is 60.0 Å². The van der Waals surface area contributed by atoms with E-state index in [-0.39, 0.29) is 5.75 Å². The van der Waals surface area contributed by atoms with E-state index in [2.05, 4.69) is 0 Å². The molecule has 7 heteroatoms. The van der Waals surface area contributed by atoms with Crippen molar-refractivity contribution < 1.29 is 17.9 Å². The molecule has 0 bridgehead atoms. The zero-order valence-electron chi connectivity index (χ0n) is 13.6. The number of rotatable bonds is 5. The fourth-order valence-electron chi connectivity index (χ4n) is 2.39. The van der Waals surface area contributed by atoms with Crippen molar-refractivity contribution in [2.75, 3.05) is 18.0 Å². The molecule has 0 aliphatic rings. The van der Waals surface area contributed by atoms with Crippen LogP contribution < -0.4 is 9.64 Å². The van der Waals surface area contributed by atoms with Gasteiger partial charge in [-0.2, -0.15) is 14.9 Å². The molecule has 0 saturated carbocycles. The molecule has 2 aromatic rings. The summed E-state index contributed by atoms with van der Waals surface area (Å²) < 4.78 is 47.5. The fourth-order valence-corrected chi connectivity index (χ4v) is 2.39. The minimum absolute atomic E-state index is 0.0789. The summed E-state index contributed by atoms with van der Waals surface area (Å²) in [6.07, 6.45) is 0. The number of hydrogen-bond donors (Lipinski definition) is 0. The molecule has 0 amide bonds. The van der Waals surface area contributed by atoms with E-state index in [0.29, 0.717) is 13.1 Å². The average Bonchev–Trinajstić information content (AvgIpc) is 2.63. The lowest BCUT2D eigenvalue weighted by atomic mass is 10.1.